The number of halogens is 1. The van der Waals surface area contributed by atoms with Crippen LogP contribution in [0.3, 0.4) is 0 Å². The van der Waals surface area contributed by atoms with Gasteiger partial charge in [0.2, 0.25) is 5.95 Å². The summed E-state index contributed by atoms with van der Waals surface area (Å²) in [6, 6.07) is 7.07. The van der Waals surface area contributed by atoms with Gasteiger partial charge in [-0.25, -0.2) is 14.3 Å². The molecule has 2 N–H and O–H groups in total. The van der Waals surface area contributed by atoms with Crippen LogP contribution < -0.4 is 11.4 Å². The molecule has 4 rings (SSSR count). The quantitative estimate of drug-likeness (QED) is 0.527. The number of aromatic nitrogens is 4. The molecule has 174 valence electrons. The standard InChI is InChI=1S/C21H22ClN5O6/c1-11(28)31-10-15-7-17(32-12(2)29)19(33-15)27-18-16(8-24-20(23)25-18)26(21(27)30)9-13-3-5-14(22)6-4-13/h3-6,8,15,17,19H,7,9-10H2,1-2H3,(H2,23,24,25)/t15-,17+,19+/m0/s1. The van der Waals surface area contributed by atoms with E-state index in [2.05, 4.69) is 9.97 Å². The van der Waals surface area contributed by atoms with E-state index in [1.165, 1.54) is 29.2 Å². The summed E-state index contributed by atoms with van der Waals surface area (Å²) in [7, 11) is 0. The Labute approximate surface area is 193 Å². The summed E-state index contributed by atoms with van der Waals surface area (Å²) in [5, 5.41) is 0.576. The largest absolute Gasteiger partial charge is 0.463 e. The van der Waals surface area contributed by atoms with Gasteiger partial charge in [0, 0.05) is 25.3 Å². The minimum Gasteiger partial charge on any atom is -0.463 e. The van der Waals surface area contributed by atoms with Crippen LogP contribution in [-0.2, 0) is 30.3 Å². The van der Waals surface area contributed by atoms with Gasteiger partial charge in [0.15, 0.2) is 11.9 Å². The van der Waals surface area contributed by atoms with Gasteiger partial charge in [-0.05, 0) is 17.7 Å². The zero-order valence-corrected chi connectivity index (χ0v) is 18.7. The summed E-state index contributed by atoms with van der Waals surface area (Å²) in [4.78, 5) is 44.8. The van der Waals surface area contributed by atoms with E-state index in [4.69, 9.17) is 31.5 Å². The van der Waals surface area contributed by atoms with Gasteiger partial charge in [0.25, 0.3) is 0 Å². The Kier molecular flexibility index (Phi) is 6.34. The molecule has 2 aromatic heterocycles. The van der Waals surface area contributed by atoms with E-state index in [-0.39, 0.29) is 31.2 Å². The van der Waals surface area contributed by atoms with Gasteiger partial charge in [-0.1, -0.05) is 23.7 Å². The van der Waals surface area contributed by atoms with Gasteiger partial charge >= 0.3 is 17.6 Å². The van der Waals surface area contributed by atoms with Crippen molar-refractivity contribution in [3.05, 3.63) is 51.5 Å². The number of fused-ring (bicyclic) bond motifs is 1. The highest BCUT2D eigenvalue weighted by Crippen LogP contribution is 2.33. The highest BCUT2D eigenvalue weighted by atomic mass is 35.5. The van der Waals surface area contributed by atoms with Crippen LogP contribution in [0, 0.1) is 0 Å². The van der Waals surface area contributed by atoms with Crippen molar-refractivity contribution in [3.8, 4) is 0 Å². The van der Waals surface area contributed by atoms with Crippen molar-refractivity contribution in [2.45, 2.75) is 45.2 Å². The first kappa shape index (κ1) is 22.7. The van der Waals surface area contributed by atoms with Gasteiger partial charge < -0.3 is 19.9 Å². The van der Waals surface area contributed by atoms with Crippen LogP contribution in [0.4, 0.5) is 5.95 Å². The number of anilines is 1. The normalized spacial score (nSPS) is 20.2. The lowest BCUT2D eigenvalue weighted by molar-refractivity contribution is -0.153. The molecule has 3 atom stereocenters. The van der Waals surface area contributed by atoms with Gasteiger partial charge in [-0.3, -0.25) is 14.2 Å². The molecule has 0 saturated carbocycles. The van der Waals surface area contributed by atoms with Crippen molar-refractivity contribution in [1.82, 2.24) is 19.1 Å². The lowest BCUT2D eigenvalue weighted by atomic mass is 10.2. The average Bonchev–Trinajstić information content (AvgIpc) is 3.25. The molecule has 0 bridgehead atoms. The predicted molar refractivity (Wildman–Crippen MR) is 117 cm³/mol. The minimum atomic E-state index is -0.995. The third-order valence-corrected chi connectivity index (χ3v) is 5.42. The van der Waals surface area contributed by atoms with Gasteiger partial charge in [-0.15, -0.1) is 0 Å². The van der Waals surface area contributed by atoms with Crippen LogP contribution >= 0.6 is 11.6 Å². The zero-order chi connectivity index (χ0) is 23.7. The molecule has 0 unspecified atom stereocenters. The molecule has 1 aliphatic heterocycles. The van der Waals surface area contributed by atoms with Crippen LogP contribution in [0.25, 0.3) is 11.2 Å². The predicted octanol–water partition coefficient (Wildman–Crippen LogP) is 1.66. The average molecular weight is 476 g/mol. The molecular formula is C21H22ClN5O6. The molecule has 3 heterocycles. The number of hydrogen-bond donors (Lipinski definition) is 1. The molecule has 11 nitrogen and oxygen atoms in total. The Morgan fingerprint density at radius 1 is 1.24 bits per heavy atom. The first-order valence-electron chi connectivity index (χ1n) is 10.2. The Bertz CT molecular complexity index is 1250. The van der Waals surface area contributed by atoms with Crippen molar-refractivity contribution >= 4 is 40.7 Å². The van der Waals surface area contributed by atoms with Gasteiger partial charge in [0.05, 0.1) is 18.8 Å². The lowest BCUT2D eigenvalue weighted by Gasteiger charge is -2.19. The second-order valence-corrected chi connectivity index (χ2v) is 8.07. The summed E-state index contributed by atoms with van der Waals surface area (Å²) in [5.74, 6) is -1.03. The summed E-state index contributed by atoms with van der Waals surface area (Å²) < 4.78 is 19.2. The maximum Gasteiger partial charge on any atom is 0.332 e. The SMILES string of the molecule is CC(=O)OC[C@@H]1C[C@@H](OC(C)=O)[C@H](n2c(=O)n(Cc3ccc(Cl)cc3)c3cnc(N)nc32)O1. The van der Waals surface area contributed by atoms with E-state index in [1.54, 1.807) is 24.3 Å². The van der Waals surface area contributed by atoms with E-state index in [0.29, 0.717) is 10.5 Å². The molecule has 3 aromatic rings. The number of carbonyl (C=O) groups excluding carboxylic acids is 2. The number of rotatable bonds is 6. The number of imidazole rings is 1. The third kappa shape index (κ3) is 4.83. The van der Waals surface area contributed by atoms with Crippen LogP contribution in [-0.4, -0.2) is 49.9 Å². The molecule has 33 heavy (non-hydrogen) atoms. The van der Waals surface area contributed by atoms with E-state index in [0.717, 1.165) is 5.56 Å². The van der Waals surface area contributed by atoms with E-state index >= 15 is 0 Å². The van der Waals surface area contributed by atoms with Gasteiger partial charge in [0.1, 0.15) is 18.2 Å². The van der Waals surface area contributed by atoms with Crippen LogP contribution in [0.2, 0.25) is 5.02 Å². The van der Waals surface area contributed by atoms with E-state index in [9.17, 15) is 14.4 Å². The fraction of sp³-hybridized carbons (Fsp3) is 0.381. The molecule has 0 aliphatic carbocycles. The summed E-state index contributed by atoms with van der Waals surface area (Å²) in [5.41, 5.74) is 6.84. The first-order valence-corrected chi connectivity index (χ1v) is 10.5. The molecule has 12 heteroatoms. The number of nitrogens with two attached hydrogens (primary N) is 1. The number of nitrogen functional groups attached to an aromatic ring is 1. The van der Waals surface area contributed by atoms with E-state index in [1.807, 2.05) is 0 Å². The zero-order valence-electron chi connectivity index (χ0n) is 17.9. The molecule has 0 amide bonds. The topological polar surface area (TPSA) is 141 Å². The number of ether oxygens (including phenoxy) is 3. The third-order valence-electron chi connectivity index (χ3n) is 5.17. The summed E-state index contributed by atoms with van der Waals surface area (Å²) in [6.07, 6.45) is -0.688. The van der Waals surface area contributed by atoms with Crippen molar-refractivity contribution in [1.29, 1.82) is 0 Å². The summed E-state index contributed by atoms with van der Waals surface area (Å²) >= 11 is 5.97. The molecule has 1 aromatic carbocycles. The van der Waals surface area contributed by atoms with Crippen molar-refractivity contribution in [2.24, 2.45) is 0 Å². The van der Waals surface area contributed by atoms with Crippen LogP contribution in [0.1, 0.15) is 32.1 Å². The minimum absolute atomic E-state index is 0.0293. The number of hydrogen-bond acceptors (Lipinski definition) is 9. The number of esters is 2. The van der Waals surface area contributed by atoms with Crippen molar-refractivity contribution in [3.63, 3.8) is 0 Å². The maximum absolute atomic E-state index is 13.5. The molecule has 1 fully saturated rings. The Hall–Kier alpha value is -3.44. The number of nitrogens with zero attached hydrogens (tertiary/aromatic N) is 4. The molecular weight excluding hydrogens is 454 g/mol. The number of benzene rings is 1. The molecule has 1 aliphatic rings. The first-order chi connectivity index (χ1) is 15.7. The van der Waals surface area contributed by atoms with Crippen molar-refractivity contribution < 1.29 is 23.8 Å². The lowest BCUT2D eigenvalue weighted by Crippen LogP contribution is -2.34. The van der Waals surface area contributed by atoms with Crippen molar-refractivity contribution in [2.75, 3.05) is 12.3 Å². The van der Waals surface area contributed by atoms with Gasteiger partial charge in [-0.2, -0.15) is 4.98 Å². The van der Waals surface area contributed by atoms with Crippen LogP contribution in [0.5, 0.6) is 0 Å². The smallest absolute Gasteiger partial charge is 0.332 e. The Balaban J connectivity index is 1.78. The summed E-state index contributed by atoms with van der Waals surface area (Å²) in [6.45, 7) is 2.72. The van der Waals surface area contributed by atoms with E-state index < -0.39 is 36.1 Å². The number of carbonyl (C=O) groups is 2. The Morgan fingerprint density at radius 3 is 2.64 bits per heavy atom. The fourth-order valence-electron chi connectivity index (χ4n) is 3.81. The second kappa shape index (κ2) is 9.20. The molecule has 1 saturated heterocycles. The second-order valence-electron chi connectivity index (χ2n) is 7.64. The maximum atomic E-state index is 13.5. The highest BCUT2D eigenvalue weighted by molar-refractivity contribution is 6.30. The molecule has 0 radical (unpaired) electrons. The molecule has 0 spiro atoms. The fourth-order valence-corrected chi connectivity index (χ4v) is 3.93. The monoisotopic (exact) mass is 475 g/mol. The van der Waals surface area contributed by atoms with Crippen LogP contribution in [0.15, 0.2) is 35.3 Å². The highest BCUT2D eigenvalue weighted by Gasteiger charge is 2.41. The Morgan fingerprint density at radius 2 is 1.97 bits per heavy atom.